The molecule has 0 bridgehead atoms. The summed E-state index contributed by atoms with van der Waals surface area (Å²) in [5.74, 6) is -0.213. The Hall–Kier alpha value is -1.27. The summed E-state index contributed by atoms with van der Waals surface area (Å²) >= 11 is 3.47. The lowest BCUT2D eigenvalue weighted by Crippen LogP contribution is -3.00. The van der Waals surface area contributed by atoms with Crippen molar-refractivity contribution in [1.82, 2.24) is 0 Å². The summed E-state index contributed by atoms with van der Waals surface area (Å²) in [6.45, 7) is 2.08. The van der Waals surface area contributed by atoms with Gasteiger partial charge in [-0.3, -0.25) is 0 Å². The molecule has 3 aromatic rings. The first kappa shape index (κ1) is 18.1. The summed E-state index contributed by atoms with van der Waals surface area (Å²) in [7, 11) is 2.06. The van der Waals surface area contributed by atoms with Crippen LogP contribution in [0.2, 0.25) is 0 Å². The van der Waals surface area contributed by atoms with Gasteiger partial charge in [-0.25, -0.2) is 4.39 Å². The van der Waals surface area contributed by atoms with Crippen LogP contribution in [0.15, 0.2) is 65.1 Å². The molecule has 0 fully saturated rings. The molecule has 0 saturated heterocycles. The summed E-state index contributed by atoms with van der Waals surface area (Å²) < 4.78 is 16.3. The van der Waals surface area contributed by atoms with Crippen LogP contribution in [-0.2, 0) is 7.05 Å². The van der Waals surface area contributed by atoms with Crippen LogP contribution in [-0.4, -0.2) is 0 Å². The Morgan fingerprint density at radius 2 is 1.39 bits per heavy atom. The van der Waals surface area contributed by atoms with Crippen molar-refractivity contribution in [3.05, 3.63) is 76.6 Å². The minimum absolute atomic E-state index is 0. The van der Waals surface area contributed by atoms with Crippen molar-refractivity contribution in [3.8, 4) is 22.4 Å². The van der Waals surface area contributed by atoms with Gasteiger partial charge >= 0.3 is 0 Å². The van der Waals surface area contributed by atoms with Crippen LogP contribution in [0.4, 0.5) is 4.39 Å². The second-order valence-electron chi connectivity index (χ2n) is 5.34. The van der Waals surface area contributed by atoms with Gasteiger partial charge in [0.25, 0.3) is 0 Å². The fourth-order valence-corrected chi connectivity index (χ4v) is 2.77. The maximum atomic E-state index is 13.1. The molecule has 118 valence electrons. The van der Waals surface area contributed by atoms with Gasteiger partial charge in [0.1, 0.15) is 12.9 Å². The van der Waals surface area contributed by atoms with E-state index in [9.17, 15) is 4.39 Å². The molecule has 2 aromatic carbocycles. The van der Waals surface area contributed by atoms with E-state index in [1.165, 1.54) is 12.1 Å². The third kappa shape index (κ3) is 3.98. The maximum absolute atomic E-state index is 13.1. The number of nitrogens with zero attached hydrogens (tertiary/aromatic N) is 1. The van der Waals surface area contributed by atoms with E-state index in [1.54, 1.807) is 0 Å². The van der Waals surface area contributed by atoms with Gasteiger partial charge in [0.15, 0.2) is 5.69 Å². The highest BCUT2D eigenvalue weighted by Crippen LogP contribution is 2.26. The molecule has 0 aliphatic rings. The molecule has 23 heavy (non-hydrogen) atoms. The largest absolute Gasteiger partial charge is 1.00 e. The first-order valence-electron chi connectivity index (χ1n) is 7.07. The minimum Gasteiger partial charge on any atom is -1.00 e. The molecule has 0 atom stereocenters. The van der Waals surface area contributed by atoms with Gasteiger partial charge in [-0.15, -0.1) is 0 Å². The molecular weight excluding hydrogens is 468 g/mol. The van der Waals surface area contributed by atoms with E-state index in [1.807, 2.05) is 24.3 Å². The second kappa shape index (κ2) is 7.53. The number of aryl methyl sites for hydroxylation is 1. The van der Waals surface area contributed by atoms with Crippen molar-refractivity contribution in [2.24, 2.45) is 7.05 Å². The van der Waals surface area contributed by atoms with Crippen molar-refractivity contribution in [3.63, 3.8) is 0 Å². The van der Waals surface area contributed by atoms with Crippen molar-refractivity contribution in [1.29, 1.82) is 0 Å². The molecule has 0 amide bonds. The normalized spacial score (nSPS) is 10.3. The van der Waals surface area contributed by atoms with Gasteiger partial charge in [-0.2, -0.15) is 4.57 Å². The number of benzene rings is 2. The number of aromatic nitrogens is 1. The van der Waals surface area contributed by atoms with E-state index >= 15 is 0 Å². The third-order valence-corrected chi connectivity index (χ3v) is 4.39. The SMILES string of the molecule is Cc1cc(-c2ccc(F)cc2)cc(-c2ccc(Br)cc2)[n+]1C.[I-]. The lowest BCUT2D eigenvalue weighted by atomic mass is 10.0. The highest BCUT2D eigenvalue weighted by Gasteiger charge is 2.15. The zero-order valence-corrected chi connectivity index (χ0v) is 16.6. The Morgan fingerprint density at radius 1 is 0.826 bits per heavy atom. The van der Waals surface area contributed by atoms with Crippen LogP contribution in [0, 0.1) is 12.7 Å². The summed E-state index contributed by atoms with van der Waals surface area (Å²) in [4.78, 5) is 0. The van der Waals surface area contributed by atoms with Gasteiger partial charge in [-0.1, -0.05) is 28.1 Å². The molecule has 0 saturated carbocycles. The van der Waals surface area contributed by atoms with Crippen LogP contribution < -0.4 is 28.5 Å². The number of hydrogen-bond acceptors (Lipinski definition) is 0. The topological polar surface area (TPSA) is 3.88 Å². The lowest BCUT2D eigenvalue weighted by Gasteiger charge is -2.08. The molecular formula is C19H16BrFIN. The average molecular weight is 484 g/mol. The molecule has 0 N–H and O–H groups in total. The summed E-state index contributed by atoms with van der Waals surface area (Å²) in [5, 5.41) is 0. The molecule has 4 heteroatoms. The first-order chi connectivity index (χ1) is 10.5. The molecule has 0 aliphatic heterocycles. The van der Waals surface area contributed by atoms with E-state index < -0.39 is 0 Å². The number of rotatable bonds is 2. The van der Waals surface area contributed by atoms with Gasteiger partial charge in [0.2, 0.25) is 5.69 Å². The molecule has 0 radical (unpaired) electrons. The monoisotopic (exact) mass is 483 g/mol. The smallest absolute Gasteiger partial charge is 0.213 e. The fraction of sp³-hybridized carbons (Fsp3) is 0.105. The minimum atomic E-state index is -0.213. The molecule has 1 nitrogen and oxygen atoms in total. The van der Waals surface area contributed by atoms with E-state index in [-0.39, 0.29) is 29.8 Å². The standard InChI is InChI=1S/C19H16BrFN.HI/c1-13-11-16(14-5-9-18(21)10-6-14)12-19(22(13)2)15-3-7-17(20)8-4-15;/h3-12H,1-2H3;1H/q+1;/p-1. The molecule has 0 unspecified atom stereocenters. The quantitative estimate of drug-likeness (QED) is 0.388. The van der Waals surface area contributed by atoms with E-state index in [2.05, 4.69) is 58.7 Å². The summed E-state index contributed by atoms with van der Waals surface area (Å²) in [6, 6.07) is 19.1. The molecule has 0 spiro atoms. The molecule has 0 aliphatic carbocycles. The van der Waals surface area contributed by atoms with E-state index in [0.29, 0.717) is 0 Å². The molecule has 3 rings (SSSR count). The molecule has 1 heterocycles. The van der Waals surface area contributed by atoms with Crippen molar-refractivity contribution in [2.45, 2.75) is 6.92 Å². The second-order valence-corrected chi connectivity index (χ2v) is 6.26. The summed E-state index contributed by atoms with van der Waals surface area (Å²) in [6.07, 6.45) is 0. The number of hydrogen-bond donors (Lipinski definition) is 0. The van der Waals surface area contributed by atoms with Crippen LogP contribution >= 0.6 is 15.9 Å². The molecule has 1 aromatic heterocycles. The Morgan fingerprint density at radius 3 is 2.00 bits per heavy atom. The highest BCUT2D eigenvalue weighted by molar-refractivity contribution is 9.10. The van der Waals surface area contributed by atoms with Gasteiger partial charge in [-0.05, 0) is 47.5 Å². The van der Waals surface area contributed by atoms with Crippen molar-refractivity contribution >= 4 is 15.9 Å². The van der Waals surface area contributed by atoms with Crippen LogP contribution in [0.5, 0.6) is 0 Å². The fourth-order valence-electron chi connectivity index (χ4n) is 2.50. The van der Waals surface area contributed by atoms with Gasteiger partial charge in [0, 0.05) is 29.1 Å². The predicted octanol–water partition coefficient (Wildman–Crippen LogP) is 2.06. The van der Waals surface area contributed by atoms with E-state index in [0.717, 1.165) is 32.6 Å². The first-order valence-corrected chi connectivity index (χ1v) is 7.86. The van der Waals surface area contributed by atoms with Crippen LogP contribution in [0.3, 0.4) is 0 Å². The zero-order chi connectivity index (χ0) is 15.7. The Balaban J connectivity index is 0.00000192. The van der Waals surface area contributed by atoms with E-state index in [4.69, 9.17) is 0 Å². The van der Waals surface area contributed by atoms with Crippen LogP contribution in [0.1, 0.15) is 5.69 Å². The maximum Gasteiger partial charge on any atom is 0.213 e. The zero-order valence-electron chi connectivity index (χ0n) is 12.9. The summed E-state index contributed by atoms with van der Waals surface area (Å²) in [5.41, 5.74) is 5.54. The van der Waals surface area contributed by atoms with Crippen molar-refractivity contribution < 1.29 is 32.9 Å². The third-order valence-electron chi connectivity index (χ3n) is 3.86. The van der Waals surface area contributed by atoms with Crippen molar-refractivity contribution in [2.75, 3.05) is 0 Å². The van der Waals surface area contributed by atoms with Crippen LogP contribution in [0.25, 0.3) is 22.4 Å². The van der Waals surface area contributed by atoms with Gasteiger partial charge < -0.3 is 24.0 Å². The predicted molar refractivity (Wildman–Crippen MR) is 90.9 cm³/mol. The Kier molecular flexibility index (Phi) is 5.92. The highest BCUT2D eigenvalue weighted by atomic mass is 127. The number of pyridine rings is 1. The lowest BCUT2D eigenvalue weighted by molar-refractivity contribution is -0.666. The average Bonchev–Trinajstić information content (AvgIpc) is 2.52. The number of halogens is 3. The Labute approximate surface area is 161 Å². The van der Waals surface area contributed by atoms with Gasteiger partial charge in [0.05, 0.1) is 0 Å². The Bertz CT molecular complexity index is 814.